The molecule has 1 aliphatic carbocycles. The molecule has 3 nitrogen and oxygen atoms in total. The third-order valence-corrected chi connectivity index (χ3v) is 6.01. The van der Waals surface area contributed by atoms with Gasteiger partial charge in [0.1, 0.15) is 0 Å². The van der Waals surface area contributed by atoms with Gasteiger partial charge in [0.05, 0.1) is 0 Å². The van der Waals surface area contributed by atoms with E-state index in [2.05, 4.69) is 50.1 Å². The molecule has 0 bridgehead atoms. The minimum absolute atomic E-state index is 0.649. The van der Waals surface area contributed by atoms with E-state index in [1.165, 1.54) is 45.3 Å². The average molecular weight is 281 g/mol. The van der Waals surface area contributed by atoms with Crippen molar-refractivity contribution in [2.75, 3.05) is 40.8 Å². The average Bonchev–Trinajstić information content (AvgIpc) is 2.57. The highest BCUT2D eigenvalue weighted by molar-refractivity contribution is 4.93. The van der Waals surface area contributed by atoms with Crippen molar-refractivity contribution < 1.29 is 0 Å². The van der Waals surface area contributed by atoms with E-state index in [0.717, 1.165) is 17.8 Å². The van der Waals surface area contributed by atoms with Crippen molar-refractivity contribution in [2.45, 2.75) is 51.6 Å². The van der Waals surface area contributed by atoms with Gasteiger partial charge in [-0.1, -0.05) is 20.3 Å². The lowest BCUT2D eigenvalue weighted by Crippen LogP contribution is -2.55. The van der Waals surface area contributed by atoms with Crippen LogP contribution in [0.3, 0.4) is 0 Å². The lowest BCUT2D eigenvalue weighted by Gasteiger charge is -2.43. The lowest BCUT2D eigenvalue weighted by molar-refractivity contribution is 0.103. The van der Waals surface area contributed by atoms with E-state index in [1.807, 2.05) is 0 Å². The van der Waals surface area contributed by atoms with Gasteiger partial charge in [0.15, 0.2) is 0 Å². The molecule has 20 heavy (non-hydrogen) atoms. The fourth-order valence-corrected chi connectivity index (χ4v) is 4.35. The van der Waals surface area contributed by atoms with Crippen molar-refractivity contribution >= 4 is 0 Å². The SMILES string of the molecule is CNC(C1CCC(C)C(C)C1)C1CN(C)CCCN1C. The molecule has 0 amide bonds. The molecule has 1 N–H and O–H groups in total. The Kier molecular flexibility index (Phi) is 5.88. The molecular formula is C17H35N3. The number of hydrogen-bond acceptors (Lipinski definition) is 3. The zero-order chi connectivity index (χ0) is 14.7. The van der Waals surface area contributed by atoms with Crippen LogP contribution in [0.2, 0.25) is 0 Å². The second-order valence-corrected chi connectivity index (χ2v) is 7.51. The van der Waals surface area contributed by atoms with E-state index in [-0.39, 0.29) is 0 Å². The molecule has 2 aliphatic rings. The summed E-state index contributed by atoms with van der Waals surface area (Å²) in [6, 6.07) is 1.31. The van der Waals surface area contributed by atoms with Crippen LogP contribution in [-0.2, 0) is 0 Å². The highest BCUT2D eigenvalue weighted by atomic mass is 15.2. The molecule has 118 valence electrons. The molecule has 0 spiro atoms. The van der Waals surface area contributed by atoms with Gasteiger partial charge >= 0.3 is 0 Å². The summed E-state index contributed by atoms with van der Waals surface area (Å²) < 4.78 is 0. The minimum Gasteiger partial charge on any atom is -0.315 e. The summed E-state index contributed by atoms with van der Waals surface area (Å²) in [6.45, 7) is 8.58. The molecular weight excluding hydrogens is 246 g/mol. The van der Waals surface area contributed by atoms with E-state index in [1.54, 1.807) is 0 Å². The van der Waals surface area contributed by atoms with Crippen molar-refractivity contribution in [3.8, 4) is 0 Å². The van der Waals surface area contributed by atoms with Crippen LogP contribution in [0.15, 0.2) is 0 Å². The van der Waals surface area contributed by atoms with E-state index in [4.69, 9.17) is 0 Å². The van der Waals surface area contributed by atoms with Crippen LogP contribution in [0, 0.1) is 17.8 Å². The fraction of sp³-hybridized carbons (Fsp3) is 1.00. The maximum atomic E-state index is 3.69. The molecule has 1 saturated heterocycles. The topological polar surface area (TPSA) is 18.5 Å². The molecule has 0 radical (unpaired) electrons. The van der Waals surface area contributed by atoms with Crippen LogP contribution in [0.5, 0.6) is 0 Å². The van der Waals surface area contributed by atoms with Crippen molar-refractivity contribution in [3.63, 3.8) is 0 Å². The summed E-state index contributed by atoms with van der Waals surface area (Å²) in [5.74, 6) is 2.65. The maximum absolute atomic E-state index is 3.69. The molecule has 1 saturated carbocycles. The minimum atomic E-state index is 0.649. The zero-order valence-electron chi connectivity index (χ0n) is 14.2. The van der Waals surface area contributed by atoms with E-state index >= 15 is 0 Å². The predicted octanol–water partition coefficient (Wildman–Crippen LogP) is 2.28. The largest absolute Gasteiger partial charge is 0.315 e. The summed E-state index contributed by atoms with van der Waals surface area (Å²) in [5.41, 5.74) is 0. The number of nitrogens with one attached hydrogen (secondary N) is 1. The Morgan fingerprint density at radius 3 is 2.45 bits per heavy atom. The van der Waals surface area contributed by atoms with Crippen LogP contribution in [0.25, 0.3) is 0 Å². The van der Waals surface area contributed by atoms with E-state index < -0.39 is 0 Å². The summed E-state index contributed by atoms with van der Waals surface area (Å²) in [4.78, 5) is 5.13. The summed E-state index contributed by atoms with van der Waals surface area (Å²) in [5, 5.41) is 3.69. The van der Waals surface area contributed by atoms with Crippen LogP contribution in [0.4, 0.5) is 0 Å². The Labute approximate surface area is 126 Å². The number of nitrogens with zero attached hydrogens (tertiary/aromatic N) is 2. The van der Waals surface area contributed by atoms with Crippen molar-refractivity contribution in [1.82, 2.24) is 15.1 Å². The van der Waals surface area contributed by atoms with Crippen molar-refractivity contribution in [2.24, 2.45) is 17.8 Å². The Balaban J connectivity index is 2.05. The number of likely N-dealkylation sites (N-methyl/N-ethyl adjacent to an activating group) is 3. The van der Waals surface area contributed by atoms with Crippen molar-refractivity contribution in [3.05, 3.63) is 0 Å². The molecule has 3 heteroatoms. The van der Waals surface area contributed by atoms with Gasteiger partial charge in [0, 0.05) is 18.6 Å². The molecule has 2 rings (SSSR count). The Morgan fingerprint density at radius 2 is 1.80 bits per heavy atom. The molecule has 1 aliphatic heterocycles. The molecule has 5 unspecified atom stereocenters. The van der Waals surface area contributed by atoms with Gasteiger partial charge < -0.3 is 15.1 Å². The smallest absolute Gasteiger partial charge is 0.0375 e. The molecule has 1 heterocycles. The second-order valence-electron chi connectivity index (χ2n) is 7.51. The highest BCUT2D eigenvalue weighted by Crippen LogP contribution is 2.36. The number of rotatable bonds is 3. The molecule has 0 aromatic carbocycles. The second kappa shape index (κ2) is 7.24. The first-order valence-electron chi connectivity index (χ1n) is 8.59. The van der Waals surface area contributed by atoms with Crippen LogP contribution in [-0.4, -0.2) is 62.7 Å². The molecule has 2 fully saturated rings. The van der Waals surface area contributed by atoms with E-state index in [0.29, 0.717) is 12.1 Å². The quantitative estimate of drug-likeness (QED) is 0.856. The van der Waals surface area contributed by atoms with Gasteiger partial charge in [-0.25, -0.2) is 0 Å². The van der Waals surface area contributed by atoms with Crippen LogP contribution < -0.4 is 5.32 Å². The number of hydrogen-bond donors (Lipinski definition) is 1. The normalized spacial score (nSPS) is 39.5. The summed E-state index contributed by atoms with van der Waals surface area (Å²) >= 11 is 0. The first-order chi connectivity index (χ1) is 9.52. The van der Waals surface area contributed by atoms with Gasteiger partial charge in [-0.15, -0.1) is 0 Å². The van der Waals surface area contributed by atoms with Crippen LogP contribution in [0.1, 0.15) is 39.5 Å². The van der Waals surface area contributed by atoms with Gasteiger partial charge in [-0.3, -0.25) is 0 Å². The molecule has 5 atom stereocenters. The highest BCUT2D eigenvalue weighted by Gasteiger charge is 2.36. The summed E-state index contributed by atoms with van der Waals surface area (Å²) in [6.07, 6.45) is 5.53. The fourth-order valence-electron chi connectivity index (χ4n) is 4.35. The zero-order valence-corrected chi connectivity index (χ0v) is 14.2. The summed E-state index contributed by atoms with van der Waals surface area (Å²) in [7, 11) is 6.78. The van der Waals surface area contributed by atoms with Gasteiger partial charge in [-0.2, -0.15) is 0 Å². The first kappa shape index (κ1) is 16.3. The van der Waals surface area contributed by atoms with Crippen LogP contribution >= 0.6 is 0 Å². The third-order valence-electron chi connectivity index (χ3n) is 6.01. The van der Waals surface area contributed by atoms with Gasteiger partial charge in [0.25, 0.3) is 0 Å². The standard InChI is InChI=1S/C17H35N3/c1-13-7-8-15(11-14(13)2)17(18-3)16-12-19(4)9-6-10-20(16)5/h13-18H,6-12H2,1-5H3. The van der Waals surface area contributed by atoms with E-state index in [9.17, 15) is 0 Å². The Hall–Kier alpha value is -0.120. The lowest BCUT2D eigenvalue weighted by atomic mass is 9.71. The maximum Gasteiger partial charge on any atom is 0.0375 e. The monoisotopic (exact) mass is 281 g/mol. The molecule has 0 aromatic rings. The molecule has 0 aromatic heterocycles. The third kappa shape index (κ3) is 3.75. The predicted molar refractivity (Wildman–Crippen MR) is 87.0 cm³/mol. The van der Waals surface area contributed by atoms with Crippen molar-refractivity contribution in [1.29, 1.82) is 0 Å². The first-order valence-corrected chi connectivity index (χ1v) is 8.59. The van der Waals surface area contributed by atoms with Gasteiger partial charge in [-0.05, 0) is 71.2 Å². The Bertz CT molecular complexity index is 294. The van der Waals surface area contributed by atoms with Gasteiger partial charge in [0.2, 0.25) is 0 Å². The Morgan fingerprint density at radius 1 is 1.05 bits per heavy atom.